The number of hydrogen-bond donors (Lipinski definition) is 2. The van der Waals surface area contributed by atoms with E-state index in [9.17, 15) is 9.18 Å². The molecule has 2 aliphatic rings. The van der Waals surface area contributed by atoms with Gasteiger partial charge < -0.3 is 20.9 Å². The molecule has 2 aliphatic heterocycles. The Morgan fingerprint density at radius 2 is 1.61 bits per heavy atom. The second-order valence-corrected chi connectivity index (χ2v) is 10.5. The molecule has 222 valence electrons. The largest absolute Gasteiger partial charge is 0.371 e. The van der Waals surface area contributed by atoms with Crippen LogP contribution < -0.4 is 20.9 Å². The molecular formula is C29H33Cl2F4N5O. The van der Waals surface area contributed by atoms with Gasteiger partial charge in [0, 0.05) is 44.1 Å². The predicted molar refractivity (Wildman–Crippen MR) is 158 cm³/mol. The Morgan fingerprint density at radius 1 is 0.927 bits per heavy atom. The number of anilines is 3. The topological polar surface area (TPSA) is 74.5 Å². The molecule has 2 saturated heterocycles. The number of piperidine rings is 2. The van der Waals surface area contributed by atoms with E-state index in [1.165, 1.54) is 6.20 Å². The van der Waals surface area contributed by atoms with Crippen molar-refractivity contribution in [2.24, 2.45) is 11.7 Å². The monoisotopic (exact) mass is 613 g/mol. The van der Waals surface area contributed by atoms with Gasteiger partial charge in [-0.3, -0.25) is 9.78 Å². The molecule has 1 aromatic heterocycles. The minimum atomic E-state index is -1.35. The van der Waals surface area contributed by atoms with E-state index in [0.29, 0.717) is 49.2 Å². The lowest BCUT2D eigenvalue weighted by atomic mass is 9.96. The zero-order chi connectivity index (χ0) is 27.7. The highest BCUT2D eigenvalue weighted by molar-refractivity contribution is 6.06. The predicted octanol–water partition coefficient (Wildman–Crippen LogP) is 6.56. The highest BCUT2D eigenvalue weighted by Crippen LogP contribution is 2.36. The number of carbonyl (C=O) groups excluding carboxylic acids is 1. The van der Waals surface area contributed by atoms with E-state index in [0.717, 1.165) is 49.9 Å². The lowest BCUT2D eigenvalue weighted by Crippen LogP contribution is -2.46. The van der Waals surface area contributed by atoms with Gasteiger partial charge in [0.05, 0.1) is 34.3 Å². The number of pyridine rings is 1. The van der Waals surface area contributed by atoms with Crippen LogP contribution in [0.5, 0.6) is 0 Å². The van der Waals surface area contributed by atoms with Crippen LogP contribution in [-0.2, 0) is 0 Å². The van der Waals surface area contributed by atoms with Crippen molar-refractivity contribution in [3.63, 3.8) is 0 Å². The number of aromatic nitrogens is 1. The number of rotatable bonds is 5. The molecule has 0 unspecified atom stereocenters. The third kappa shape index (κ3) is 6.88. The number of amides is 1. The summed E-state index contributed by atoms with van der Waals surface area (Å²) in [5.74, 6) is -5.30. The molecule has 12 heteroatoms. The number of nitrogens with one attached hydrogen (secondary N) is 1. The average molecular weight is 615 g/mol. The Bertz CT molecular complexity index is 1360. The van der Waals surface area contributed by atoms with E-state index in [1.54, 1.807) is 12.3 Å². The van der Waals surface area contributed by atoms with Gasteiger partial charge in [-0.05, 0) is 61.9 Å². The first-order valence-corrected chi connectivity index (χ1v) is 13.2. The lowest BCUT2D eigenvalue weighted by molar-refractivity contribution is 0.102. The molecule has 3 aromatic rings. The van der Waals surface area contributed by atoms with Gasteiger partial charge in [0.25, 0.3) is 5.91 Å². The zero-order valence-corrected chi connectivity index (χ0v) is 24.1. The molecule has 6 nitrogen and oxygen atoms in total. The summed E-state index contributed by atoms with van der Waals surface area (Å²) in [4.78, 5) is 21.1. The van der Waals surface area contributed by atoms with Crippen molar-refractivity contribution < 1.29 is 22.4 Å². The minimum Gasteiger partial charge on any atom is -0.371 e. The van der Waals surface area contributed by atoms with E-state index in [1.807, 2.05) is 9.80 Å². The Labute approximate surface area is 249 Å². The van der Waals surface area contributed by atoms with Crippen molar-refractivity contribution >= 4 is 47.8 Å². The first-order chi connectivity index (χ1) is 18.7. The number of nitrogens with two attached hydrogens (primary N) is 1. The number of hydrogen-bond acceptors (Lipinski definition) is 5. The SMILES string of the molecule is C[C@@H]1C[C@H](N)CN(c2ccncc2NC(=O)c2ccc(F)c(-c3c(F)cc(N4CCCCC4)cc3F)c2F)C1.Cl.Cl. The van der Waals surface area contributed by atoms with Crippen molar-refractivity contribution in [1.29, 1.82) is 0 Å². The molecule has 2 fully saturated rings. The van der Waals surface area contributed by atoms with Gasteiger partial charge in [-0.2, -0.15) is 0 Å². The summed E-state index contributed by atoms with van der Waals surface area (Å²) in [7, 11) is 0. The van der Waals surface area contributed by atoms with Crippen LogP contribution in [0.4, 0.5) is 34.6 Å². The van der Waals surface area contributed by atoms with Crippen LogP contribution >= 0.6 is 24.8 Å². The fourth-order valence-corrected chi connectivity index (χ4v) is 5.64. The maximum Gasteiger partial charge on any atom is 0.258 e. The van der Waals surface area contributed by atoms with Gasteiger partial charge >= 0.3 is 0 Å². The standard InChI is InChI=1S/C29H31F4N5O.2ClH/c1-17-11-18(34)16-38(15-17)25-7-8-35-14-24(25)36-29(39)20-5-6-21(30)27(28(20)33)26-22(31)12-19(13-23(26)32)37-9-3-2-4-10-37;;/h5-8,12-14,17-18H,2-4,9-11,15-16,34H2,1H3,(H,36,39);2*1H/t17-,18+;;/m1../s1. The fraction of sp³-hybridized carbons (Fsp3) is 0.379. The number of nitrogens with zero attached hydrogens (tertiary/aromatic N) is 3. The van der Waals surface area contributed by atoms with Crippen molar-refractivity contribution in [2.75, 3.05) is 41.3 Å². The number of benzene rings is 2. The fourth-order valence-electron chi connectivity index (χ4n) is 5.64. The second-order valence-electron chi connectivity index (χ2n) is 10.5. The van der Waals surface area contributed by atoms with Crippen molar-refractivity contribution in [1.82, 2.24) is 4.98 Å². The summed E-state index contributed by atoms with van der Waals surface area (Å²) in [6.45, 7) is 4.66. The summed E-state index contributed by atoms with van der Waals surface area (Å²) in [6, 6.07) is 5.63. The maximum atomic E-state index is 15.7. The van der Waals surface area contributed by atoms with Gasteiger partial charge in [0.15, 0.2) is 0 Å². The molecule has 0 aliphatic carbocycles. The number of carbonyl (C=O) groups is 1. The molecule has 3 heterocycles. The van der Waals surface area contributed by atoms with Crippen LogP contribution in [-0.4, -0.2) is 43.1 Å². The van der Waals surface area contributed by atoms with Crippen molar-refractivity contribution in [2.45, 2.75) is 38.6 Å². The summed E-state index contributed by atoms with van der Waals surface area (Å²) in [6.07, 6.45) is 6.71. The summed E-state index contributed by atoms with van der Waals surface area (Å²) in [5, 5.41) is 2.63. The van der Waals surface area contributed by atoms with Crippen LogP contribution in [0.2, 0.25) is 0 Å². The number of halogens is 6. The van der Waals surface area contributed by atoms with Gasteiger partial charge in [0.2, 0.25) is 0 Å². The Balaban J connectivity index is 0.00000231. The Hall–Kier alpha value is -3.08. The smallest absolute Gasteiger partial charge is 0.258 e. The molecule has 2 atom stereocenters. The third-order valence-electron chi connectivity index (χ3n) is 7.41. The van der Waals surface area contributed by atoms with E-state index in [4.69, 9.17) is 5.73 Å². The van der Waals surface area contributed by atoms with Crippen LogP contribution in [0.1, 0.15) is 43.0 Å². The Kier molecular flexibility index (Phi) is 10.9. The summed E-state index contributed by atoms with van der Waals surface area (Å²) >= 11 is 0. The zero-order valence-electron chi connectivity index (χ0n) is 22.5. The quantitative estimate of drug-likeness (QED) is 0.319. The molecule has 0 spiro atoms. The molecule has 0 radical (unpaired) electrons. The van der Waals surface area contributed by atoms with Gasteiger partial charge in [0.1, 0.15) is 23.3 Å². The van der Waals surface area contributed by atoms with Gasteiger partial charge in [-0.1, -0.05) is 6.92 Å². The molecule has 5 rings (SSSR count). The summed E-state index contributed by atoms with van der Waals surface area (Å²) < 4.78 is 60.9. The molecule has 3 N–H and O–H groups in total. The molecular weight excluding hydrogens is 581 g/mol. The molecule has 2 aromatic carbocycles. The molecule has 0 bridgehead atoms. The van der Waals surface area contributed by atoms with E-state index >= 15 is 13.2 Å². The lowest BCUT2D eigenvalue weighted by Gasteiger charge is -2.37. The van der Waals surface area contributed by atoms with E-state index in [-0.39, 0.29) is 30.9 Å². The first-order valence-electron chi connectivity index (χ1n) is 13.2. The van der Waals surface area contributed by atoms with Gasteiger partial charge in [-0.15, -0.1) is 24.8 Å². The molecule has 1 amide bonds. The average Bonchev–Trinajstić information content (AvgIpc) is 2.90. The summed E-state index contributed by atoms with van der Waals surface area (Å²) in [5.41, 5.74) is 5.15. The molecule has 41 heavy (non-hydrogen) atoms. The van der Waals surface area contributed by atoms with E-state index < -0.39 is 45.9 Å². The highest BCUT2D eigenvalue weighted by atomic mass is 35.5. The Morgan fingerprint density at radius 3 is 2.27 bits per heavy atom. The van der Waals surface area contributed by atoms with E-state index in [2.05, 4.69) is 17.2 Å². The van der Waals surface area contributed by atoms with Crippen LogP contribution in [0.15, 0.2) is 42.7 Å². The third-order valence-corrected chi connectivity index (χ3v) is 7.41. The van der Waals surface area contributed by atoms with Crippen molar-refractivity contribution in [3.8, 4) is 11.1 Å². The van der Waals surface area contributed by atoms with Crippen LogP contribution in [0, 0.1) is 29.2 Å². The highest BCUT2D eigenvalue weighted by Gasteiger charge is 2.28. The first kappa shape index (κ1) is 32.4. The molecule has 0 saturated carbocycles. The maximum absolute atomic E-state index is 15.7. The normalized spacial score (nSPS) is 18.8. The van der Waals surface area contributed by atoms with Crippen molar-refractivity contribution in [3.05, 3.63) is 71.6 Å². The van der Waals surface area contributed by atoms with Crippen LogP contribution in [0.25, 0.3) is 11.1 Å². The minimum absolute atomic E-state index is 0. The second kappa shape index (κ2) is 13.7. The van der Waals surface area contributed by atoms with Crippen LogP contribution in [0.3, 0.4) is 0 Å². The van der Waals surface area contributed by atoms with Gasteiger partial charge in [-0.25, -0.2) is 17.6 Å².